The van der Waals surface area contributed by atoms with E-state index in [-0.39, 0.29) is 5.78 Å². The quantitative estimate of drug-likeness (QED) is 0.334. The van der Waals surface area contributed by atoms with Gasteiger partial charge in [-0.25, -0.2) is 0 Å². The molecule has 99 valence electrons. The lowest BCUT2D eigenvalue weighted by Crippen LogP contribution is -1.87. The molecular weight excluding hydrogens is 208 g/mol. The highest BCUT2D eigenvalue weighted by atomic mass is 16.1. The minimum Gasteiger partial charge on any atom is -0.295 e. The van der Waals surface area contributed by atoms with Crippen molar-refractivity contribution in [2.24, 2.45) is 0 Å². The third kappa shape index (κ3) is 13.3. The fourth-order valence-electron chi connectivity index (χ4n) is 1.87. The molecule has 0 saturated carbocycles. The SMILES string of the molecule is [CH2]CC(=O)C=CCCCCCCCCCCC. The highest BCUT2D eigenvalue weighted by molar-refractivity contribution is 5.89. The van der Waals surface area contributed by atoms with Gasteiger partial charge >= 0.3 is 0 Å². The molecule has 0 aromatic heterocycles. The van der Waals surface area contributed by atoms with Gasteiger partial charge in [-0.05, 0) is 25.8 Å². The Morgan fingerprint density at radius 2 is 1.47 bits per heavy atom. The van der Waals surface area contributed by atoms with Crippen LogP contribution in [0.25, 0.3) is 0 Å². The van der Waals surface area contributed by atoms with Crippen molar-refractivity contribution in [1.29, 1.82) is 0 Å². The molecule has 0 spiro atoms. The van der Waals surface area contributed by atoms with Gasteiger partial charge in [0.25, 0.3) is 0 Å². The van der Waals surface area contributed by atoms with E-state index in [0.717, 1.165) is 6.42 Å². The van der Waals surface area contributed by atoms with Crippen LogP contribution in [0.3, 0.4) is 0 Å². The summed E-state index contributed by atoms with van der Waals surface area (Å²) in [4.78, 5) is 10.9. The van der Waals surface area contributed by atoms with E-state index in [1.54, 1.807) is 6.08 Å². The van der Waals surface area contributed by atoms with Crippen LogP contribution >= 0.6 is 0 Å². The van der Waals surface area contributed by atoms with Crippen molar-refractivity contribution < 1.29 is 4.79 Å². The Morgan fingerprint density at radius 1 is 0.941 bits per heavy atom. The van der Waals surface area contributed by atoms with Gasteiger partial charge in [0.05, 0.1) is 0 Å². The molecule has 1 heteroatoms. The Morgan fingerprint density at radius 3 is 2.00 bits per heavy atom. The second-order valence-electron chi connectivity index (χ2n) is 4.74. The second-order valence-corrected chi connectivity index (χ2v) is 4.74. The minimum atomic E-state index is 0.140. The summed E-state index contributed by atoms with van der Waals surface area (Å²) in [6, 6.07) is 0. The van der Waals surface area contributed by atoms with Gasteiger partial charge in [-0.1, -0.05) is 64.4 Å². The molecule has 0 fully saturated rings. The van der Waals surface area contributed by atoms with Gasteiger partial charge in [-0.3, -0.25) is 4.79 Å². The first-order chi connectivity index (χ1) is 8.31. The van der Waals surface area contributed by atoms with Crippen LogP contribution in [0, 0.1) is 6.92 Å². The number of carbonyl (C=O) groups excluding carboxylic acids is 1. The summed E-state index contributed by atoms with van der Waals surface area (Å²) >= 11 is 0. The Balaban J connectivity index is 3.08. The number of carbonyl (C=O) groups is 1. The van der Waals surface area contributed by atoms with Crippen LogP contribution in [0.2, 0.25) is 0 Å². The van der Waals surface area contributed by atoms with Crippen molar-refractivity contribution in [2.75, 3.05) is 0 Å². The monoisotopic (exact) mass is 237 g/mol. The Labute approximate surface area is 108 Å². The van der Waals surface area contributed by atoms with Gasteiger partial charge in [-0.2, -0.15) is 0 Å². The average molecular weight is 237 g/mol. The number of allylic oxidation sites excluding steroid dienone is 2. The topological polar surface area (TPSA) is 17.1 Å². The molecule has 0 aliphatic rings. The maximum atomic E-state index is 10.9. The molecule has 0 atom stereocenters. The van der Waals surface area contributed by atoms with Gasteiger partial charge in [0.1, 0.15) is 0 Å². The van der Waals surface area contributed by atoms with E-state index in [0.29, 0.717) is 6.42 Å². The predicted octanol–water partition coefficient (Wildman–Crippen LogP) is 5.26. The minimum absolute atomic E-state index is 0.140. The maximum Gasteiger partial charge on any atom is 0.155 e. The molecule has 1 radical (unpaired) electrons. The molecule has 0 bridgehead atoms. The van der Waals surface area contributed by atoms with Crippen LogP contribution in [0.5, 0.6) is 0 Å². The maximum absolute atomic E-state index is 10.9. The van der Waals surface area contributed by atoms with Crippen LogP contribution in [-0.2, 0) is 4.79 Å². The van der Waals surface area contributed by atoms with E-state index in [4.69, 9.17) is 0 Å². The highest BCUT2D eigenvalue weighted by Gasteiger charge is 1.92. The molecule has 0 aromatic rings. The van der Waals surface area contributed by atoms with E-state index >= 15 is 0 Å². The van der Waals surface area contributed by atoms with Crippen LogP contribution in [0.4, 0.5) is 0 Å². The lowest BCUT2D eigenvalue weighted by molar-refractivity contribution is -0.113. The number of ketones is 1. The molecule has 0 aliphatic heterocycles. The first-order valence-electron chi connectivity index (χ1n) is 7.30. The molecular formula is C16H29O. The van der Waals surface area contributed by atoms with Crippen molar-refractivity contribution in [1.82, 2.24) is 0 Å². The number of hydrogen-bond acceptors (Lipinski definition) is 1. The molecule has 17 heavy (non-hydrogen) atoms. The van der Waals surface area contributed by atoms with Crippen molar-refractivity contribution in [2.45, 2.75) is 77.6 Å². The Kier molecular flexibility index (Phi) is 13.0. The number of rotatable bonds is 12. The third-order valence-corrected chi connectivity index (χ3v) is 3.02. The van der Waals surface area contributed by atoms with Gasteiger partial charge in [0.15, 0.2) is 5.78 Å². The zero-order chi connectivity index (χ0) is 12.8. The van der Waals surface area contributed by atoms with Crippen molar-refractivity contribution in [3.05, 3.63) is 19.1 Å². The molecule has 0 rings (SSSR count). The molecule has 0 aliphatic carbocycles. The normalized spacial score (nSPS) is 11.2. The fourth-order valence-corrected chi connectivity index (χ4v) is 1.87. The van der Waals surface area contributed by atoms with Crippen molar-refractivity contribution in [3.63, 3.8) is 0 Å². The fraction of sp³-hybridized carbons (Fsp3) is 0.750. The average Bonchev–Trinajstić information content (AvgIpc) is 2.35. The number of unbranched alkanes of at least 4 members (excludes halogenated alkanes) is 9. The zero-order valence-corrected chi connectivity index (χ0v) is 11.5. The summed E-state index contributed by atoms with van der Waals surface area (Å²) < 4.78 is 0. The Hall–Kier alpha value is -0.590. The van der Waals surface area contributed by atoms with Crippen LogP contribution in [-0.4, -0.2) is 5.78 Å². The summed E-state index contributed by atoms with van der Waals surface area (Å²) in [5, 5.41) is 0. The molecule has 0 N–H and O–H groups in total. The molecule has 0 amide bonds. The van der Waals surface area contributed by atoms with Crippen LogP contribution in [0.1, 0.15) is 77.6 Å². The van der Waals surface area contributed by atoms with Gasteiger partial charge < -0.3 is 0 Å². The highest BCUT2D eigenvalue weighted by Crippen LogP contribution is 2.10. The molecule has 0 saturated heterocycles. The van der Waals surface area contributed by atoms with E-state index in [9.17, 15) is 4.79 Å². The van der Waals surface area contributed by atoms with Gasteiger partial charge in [0, 0.05) is 6.42 Å². The number of hydrogen-bond donors (Lipinski definition) is 0. The zero-order valence-electron chi connectivity index (χ0n) is 11.5. The van der Waals surface area contributed by atoms with Crippen LogP contribution in [0.15, 0.2) is 12.2 Å². The van der Waals surface area contributed by atoms with E-state index < -0.39 is 0 Å². The van der Waals surface area contributed by atoms with Gasteiger partial charge in [-0.15, -0.1) is 0 Å². The predicted molar refractivity (Wildman–Crippen MR) is 76.0 cm³/mol. The first kappa shape index (κ1) is 16.4. The van der Waals surface area contributed by atoms with Crippen LogP contribution < -0.4 is 0 Å². The summed E-state index contributed by atoms with van der Waals surface area (Å²) in [5.74, 6) is 0.140. The lowest BCUT2D eigenvalue weighted by atomic mass is 10.1. The third-order valence-electron chi connectivity index (χ3n) is 3.02. The first-order valence-corrected chi connectivity index (χ1v) is 7.30. The smallest absolute Gasteiger partial charge is 0.155 e. The summed E-state index contributed by atoms with van der Waals surface area (Å²) in [6.45, 7) is 5.81. The molecule has 0 aromatic carbocycles. The standard InChI is InChI=1S/C16H29O/c1-3-5-6-7-8-9-10-11-12-13-14-15-16(17)4-2/h14-15H,2-13H2,1H3. The molecule has 1 nitrogen and oxygen atoms in total. The summed E-state index contributed by atoms with van der Waals surface area (Å²) in [5.41, 5.74) is 0. The molecule has 0 heterocycles. The summed E-state index contributed by atoms with van der Waals surface area (Å²) in [6.07, 6.45) is 17.3. The largest absolute Gasteiger partial charge is 0.295 e. The van der Waals surface area contributed by atoms with Gasteiger partial charge in [0.2, 0.25) is 0 Å². The van der Waals surface area contributed by atoms with Crippen molar-refractivity contribution in [3.8, 4) is 0 Å². The second kappa shape index (κ2) is 13.5. The van der Waals surface area contributed by atoms with E-state index in [2.05, 4.69) is 13.8 Å². The lowest BCUT2D eigenvalue weighted by Gasteiger charge is -2.00. The van der Waals surface area contributed by atoms with E-state index in [1.165, 1.54) is 57.8 Å². The van der Waals surface area contributed by atoms with E-state index in [1.807, 2.05) is 6.08 Å². The molecule has 0 unspecified atom stereocenters. The summed E-state index contributed by atoms with van der Waals surface area (Å²) in [7, 11) is 0. The van der Waals surface area contributed by atoms with Crippen molar-refractivity contribution >= 4 is 5.78 Å². The Bertz CT molecular complexity index is 194.